The molecule has 0 bridgehead atoms. The van der Waals surface area contributed by atoms with Gasteiger partial charge < -0.3 is 18.9 Å². The highest BCUT2D eigenvalue weighted by Crippen LogP contribution is 2.21. The van der Waals surface area contributed by atoms with Crippen LogP contribution in [0.5, 0.6) is 0 Å². The van der Waals surface area contributed by atoms with Crippen molar-refractivity contribution in [3.05, 3.63) is 0 Å². The van der Waals surface area contributed by atoms with Gasteiger partial charge in [0.05, 0.1) is 18.6 Å². The van der Waals surface area contributed by atoms with E-state index in [1.807, 2.05) is 6.92 Å². The van der Waals surface area contributed by atoms with Crippen molar-refractivity contribution < 1.29 is 33.3 Å². The molecule has 0 aliphatic rings. The Morgan fingerprint density at radius 2 is 1.38 bits per heavy atom. The highest BCUT2D eigenvalue weighted by molar-refractivity contribution is 5.75. The monoisotopic (exact) mass is 304 g/mol. The molecular weight excluding hydrogens is 280 g/mol. The summed E-state index contributed by atoms with van der Waals surface area (Å²) in [6.45, 7) is 6.97. The van der Waals surface area contributed by atoms with E-state index in [4.69, 9.17) is 14.2 Å². The molecule has 0 aromatic carbocycles. The molecule has 0 saturated heterocycles. The Bertz CT molecular complexity index is 349. The average Bonchev–Trinajstić information content (AvgIpc) is 2.42. The first-order chi connectivity index (χ1) is 9.79. The van der Waals surface area contributed by atoms with E-state index >= 15 is 0 Å². The van der Waals surface area contributed by atoms with Gasteiger partial charge in [-0.2, -0.15) is 0 Å². The molecule has 0 aliphatic heterocycles. The third kappa shape index (κ3) is 9.70. The van der Waals surface area contributed by atoms with E-state index in [9.17, 15) is 14.4 Å². The fraction of sp³-hybridized carbons (Fsp3) is 0.786. The van der Waals surface area contributed by atoms with E-state index in [-0.39, 0.29) is 38.4 Å². The molecule has 0 radical (unpaired) electrons. The third-order valence-electron chi connectivity index (χ3n) is 2.79. The van der Waals surface area contributed by atoms with E-state index < -0.39 is 11.6 Å². The number of hydrogen-bond acceptors (Lipinski definition) is 7. The van der Waals surface area contributed by atoms with Crippen molar-refractivity contribution in [1.29, 1.82) is 0 Å². The van der Waals surface area contributed by atoms with Crippen LogP contribution in [0.4, 0.5) is 4.79 Å². The van der Waals surface area contributed by atoms with Gasteiger partial charge in [0, 0.05) is 13.3 Å². The molecule has 0 amide bonds. The lowest BCUT2D eigenvalue weighted by Gasteiger charge is -2.20. The summed E-state index contributed by atoms with van der Waals surface area (Å²) in [7, 11) is 0. The molecule has 7 nitrogen and oxygen atoms in total. The van der Waals surface area contributed by atoms with Gasteiger partial charge in [0.15, 0.2) is 0 Å². The van der Waals surface area contributed by atoms with Gasteiger partial charge >= 0.3 is 18.1 Å². The van der Waals surface area contributed by atoms with Crippen molar-refractivity contribution in [1.82, 2.24) is 0 Å². The van der Waals surface area contributed by atoms with Crippen LogP contribution in [0.3, 0.4) is 0 Å². The van der Waals surface area contributed by atoms with Gasteiger partial charge in [-0.1, -0.05) is 6.92 Å². The van der Waals surface area contributed by atoms with Gasteiger partial charge in [-0.15, -0.1) is 0 Å². The average molecular weight is 304 g/mol. The Morgan fingerprint density at radius 1 is 0.857 bits per heavy atom. The summed E-state index contributed by atoms with van der Waals surface area (Å²) in [5.74, 6) is -0.710. The summed E-state index contributed by atoms with van der Waals surface area (Å²) in [5, 5.41) is 0. The molecule has 0 saturated carbocycles. The first kappa shape index (κ1) is 19.2. The van der Waals surface area contributed by atoms with E-state index in [0.29, 0.717) is 12.8 Å². The Balaban J connectivity index is 3.58. The van der Waals surface area contributed by atoms with Crippen LogP contribution in [-0.2, 0) is 28.5 Å². The molecule has 0 unspecified atom stereocenters. The minimum Gasteiger partial charge on any atom is -0.466 e. The number of carbonyl (C=O) groups is 3. The van der Waals surface area contributed by atoms with Crippen LogP contribution in [0.25, 0.3) is 0 Å². The molecular formula is C14H24O7. The number of hydrogen-bond donors (Lipinski definition) is 0. The largest absolute Gasteiger partial charge is 0.508 e. The van der Waals surface area contributed by atoms with Crippen molar-refractivity contribution in [3.63, 3.8) is 0 Å². The lowest BCUT2D eigenvalue weighted by molar-refractivity contribution is -0.155. The topological polar surface area (TPSA) is 88.1 Å². The smallest absolute Gasteiger partial charge is 0.466 e. The Morgan fingerprint density at radius 3 is 1.95 bits per heavy atom. The van der Waals surface area contributed by atoms with E-state index in [2.05, 4.69) is 4.74 Å². The van der Waals surface area contributed by atoms with Crippen LogP contribution in [-0.4, -0.2) is 44.5 Å². The fourth-order valence-corrected chi connectivity index (χ4v) is 1.07. The maximum atomic E-state index is 11.6. The number of esters is 2. The molecule has 21 heavy (non-hydrogen) atoms. The van der Waals surface area contributed by atoms with Gasteiger partial charge in [0.2, 0.25) is 0 Å². The van der Waals surface area contributed by atoms with Crippen LogP contribution in [0.15, 0.2) is 0 Å². The van der Waals surface area contributed by atoms with Crippen molar-refractivity contribution in [2.24, 2.45) is 5.41 Å². The lowest BCUT2D eigenvalue weighted by atomic mass is 9.91. The van der Waals surface area contributed by atoms with Crippen LogP contribution in [0.1, 0.15) is 40.5 Å². The van der Waals surface area contributed by atoms with Crippen LogP contribution < -0.4 is 0 Å². The predicted octanol–water partition coefficient (Wildman–Crippen LogP) is 2.07. The van der Waals surface area contributed by atoms with Crippen LogP contribution in [0, 0.1) is 5.41 Å². The molecule has 0 aromatic rings. The first-order valence-electron chi connectivity index (χ1n) is 6.89. The number of carbonyl (C=O) groups excluding carboxylic acids is 3. The summed E-state index contributed by atoms with van der Waals surface area (Å²) in [4.78, 5) is 33.2. The van der Waals surface area contributed by atoms with E-state index in [1.54, 1.807) is 13.8 Å². The summed E-state index contributed by atoms with van der Waals surface area (Å²) >= 11 is 0. The molecule has 0 heterocycles. The summed E-state index contributed by atoms with van der Waals surface area (Å²) in [5.41, 5.74) is -0.544. The SMILES string of the molecule is CCC(C)(C)C(=O)OCCOC(=O)OCCCOC(C)=O. The molecule has 7 heteroatoms. The zero-order chi connectivity index (χ0) is 16.3. The van der Waals surface area contributed by atoms with E-state index in [0.717, 1.165) is 0 Å². The van der Waals surface area contributed by atoms with Gasteiger partial charge in [-0.3, -0.25) is 9.59 Å². The van der Waals surface area contributed by atoms with E-state index in [1.165, 1.54) is 6.92 Å². The van der Waals surface area contributed by atoms with Crippen LogP contribution in [0.2, 0.25) is 0 Å². The second kappa shape index (κ2) is 10.0. The van der Waals surface area contributed by atoms with Crippen molar-refractivity contribution in [2.75, 3.05) is 26.4 Å². The first-order valence-corrected chi connectivity index (χ1v) is 6.89. The molecule has 0 rings (SSSR count). The van der Waals surface area contributed by atoms with Crippen molar-refractivity contribution >= 4 is 18.1 Å². The van der Waals surface area contributed by atoms with Crippen molar-refractivity contribution in [3.8, 4) is 0 Å². The maximum absolute atomic E-state index is 11.6. The summed E-state index contributed by atoms with van der Waals surface area (Å²) in [6.07, 6.45) is 0.217. The minimum absolute atomic E-state index is 0.00912. The van der Waals surface area contributed by atoms with Crippen molar-refractivity contribution in [2.45, 2.75) is 40.5 Å². The summed E-state index contributed by atoms with van der Waals surface area (Å²) < 4.78 is 19.1. The zero-order valence-corrected chi connectivity index (χ0v) is 13.1. The third-order valence-corrected chi connectivity index (χ3v) is 2.79. The molecule has 0 N–H and O–H groups in total. The predicted molar refractivity (Wildman–Crippen MR) is 73.6 cm³/mol. The van der Waals surface area contributed by atoms with Gasteiger partial charge in [-0.05, 0) is 20.3 Å². The second-order valence-corrected chi connectivity index (χ2v) is 5.01. The highest BCUT2D eigenvalue weighted by Gasteiger charge is 2.26. The second-order valence-electron chi connectivity index (χ2n) is 5.01. The standard InChI is InChI=1S/C14H24O7/c1-5-14(3,4)12(16)19-9-10-21-13(17)20-8-6-7-18-11(2)15/h5-10H2,1-4H3. The molecule has 0 fully saturated rings. The normalized spacial score (nSPS) is 10.7. The fourth-order valence-electron chi connectivity index (χ4n) is 1.07. The quantitative estimate of drug-likeness (QED) is 0.366. The Labute approximate surface area is 124 Å². The molecule has 0 aliphatic carbocycles. The maximum Gasteiger partial charge on any atom is 0.508 e. The number of ether oxygens (including phenoxy) is 4. The van der Waals surface area contributed by atoms with Gasteiger partial charge in [0.25, 0.3) is 0 Å². The minimum atomic E-state index is -0.844. The molecule has 0 spiro atoms. The number of rotatable bonds is 9. The van der Waals surface area contributed by atoms with Crippen LogP contribution >= 0.6 is 0 Å². The molecule has 122 valence electrons. The highest BCUT2D eigenvalue weighted by atomic mass is 16.7. The summed E-state index contributed by atoms with van der Waals surface area (Å²) in [6, 6.07) is 0. The molecule has 0 atom stereocenters. The van der Waals surface area contributed by atoms with Gasteiger partial charge in [0.1, 0.15) is 13.2 Å². The lowest BCUT2D eigenvalue weighted by Crippen LogP contribution is -2.27. The molecule has 0 aromatic heterocycles. The Hall–Kier alpha value is -1.79. The Kier molecular flexibility index (Phi) is 9.16. The zero-order valence-electron chi connectivity index (χ0n) is 13.1. The van der Waals surface area contributed by atoms with Gasteiger partial charge in [-0.25, -0.2) is 4.79 Å².